The third-order valence-electron chi connectivity index (χ3n) is 8.51. The molecule has 3 heterocycles. The van der Waals surface area contributed by atoms with Crippen LogP contribution in [0, 0.1) is 0 Å². The van der Waals surface area contributed by atoms with E-state index in [9.17, 15) is 19.2 Å². The summed E-state index contributed by atoms with van der Waals surface area (Å²) in [4.78, 5) is 59.0. The summed E-state index contributed by atoms with van der Waals surface area (Å²) in [5.74, 6) is -0.248. The number of benzene rings is 3. The molecule has 0 saturated carbocycles. The number of nitrogens with zero attached hydrogens (tertiary/aromatic N) is 5. The van der Waals surface area contributed by atoms with Gasteiger partial charge in [0.1, 0.15) is 12.2 Å². The molecule has 1 N–H and O–H groups in total. The van der Waals surface area contributed by atoms with Crippen LogP contribution in [0.4, 0.5) is 10.5 Å². The Morgan fingerprint density at radius 3 is 2.34 bits per heavy atom. The highest BCUT2D eigenvalue weighted by molar-refractivity contribution is 5.95. The van der Waals surface area contributed by atoms with Gasteiger partial charge in [-0.15, -0.1) is 0 Å². The number of urea groups is 1. The van der Waals surface area contributed by atoms with Crippen LogP contribution in [0.15, 0.2) is 84.9 Å². The summed E-state index contributed by atoms with van der Waals surface area (Å²) in [6, 6.07) is 25.7. The van der Waals surface area contributed by atoms with Crippen LogP contribution in [0.3, 0.4) is 0 Å². The highest BCUT2D eigenvalue weighted by atomic mass is 16.2. The second-order valence-electron chi connectivity index (χ2n) is 11.5. The van der Waals surface area contributed by atoms with Crippen LogP contribution in [0.2, 0.25) is 0 Å². The lowest BCUT2D eigenvalue weighted by atomic mass is 10.00. The molecule has 0 aliphatic carbocycles. The molecule has 0 radical (unpaired) electrons. The van der Waals surface area contributed by atoms with Crippen LogP contribution < -0.4 is 10.2 Å². The molecular weight excluding hydrogens is 556 g/mol. The molecule has 3 saturated heterocycles. The number of nitrogens with one attached hydrogen (secondary N) is 1. The first-order valence-corrected chi connectivity index (χ1v) is 15.3. The normalized spacial score (nSPS) is 20.3. The molecule has 10 heteroatoms. The lowest BCUT2D eigenvalue weighted by Gasteiger charge is -2.46. The average Bonchev–Trinajstić information content (AvgIpc) is 3.62. The molecule has 6 rings (SSSR count). The van der Waals surface area contributed by atoms with Crippen molar-refractivity contribution in [2.75, 3.05) is 31.1 Å². The van der Waals surface area contributed by atoms with Gasteiger partial charge in [-0.25, -0.2) is 4.79 Å². The minimum absolute atomic E-state index is 0.000430. The molecular formula is C34H38N6O4. The van der Waals surface area contributed by atoms with Gasteiger partial charge in [0.05, 0.1) is 13.1 Å². The van der Waals surface area contributed by atoms with E-state index in [0.29, 0.717) is 39.0 Å². The number of piperazine rings is 1. The first-order valence-electron chi connectivity index (χ1n) is 15.3. The largest absolute Gasteiger partial charge is 0.333 e. The van der Waals surface area contributed by atoms with Crippen LogP contribution in [0.25, 0.3) is 0 Å². The van der Waals surface area contributed by atoms with Crippen LogP contribution >= 0.6 is 0 Å². The third kappa shape index (κ3) is 5.90. The Morgan fingerprint density at radius 1 is 0.909 bits per heavy atom. The van der Waals surface area contributed by atoms with Gasteiger partial charge in [-0.3, -0.25) is 19.4 Å². The van der Waals surface area contributed by atoms with Gasteiger partial charge in [0, 0.05) is 38.3 Å². The zero-order valence-corrected chi connectivity index (χ0v) is 25.0. The fraction of sp³-hybridized carbons (Fsp3) is 0.353. The Bertz CT molecular complexity index is 1520. The lowest BCUT2D eigenvalue weighted by Crippen LogP contribution is -2.62. The van der Waals surface area contributed by atoms with Crippen LogP contribution in [0.1, 0.15) is 48.9 Å². The molecule has 5 amide bonds. The van der Waals surface area contributed by atoms with Gasteiger partial charge in [-0.1, -0.05) is 79.7 Å². The van der Waals surface area contributed by atoms with E-state index in [1.807, 2.05) is 96.9 Å². The number of carbonyl (C=O) groups is 4. The van der Waals surface area contributed by atoms with Crippen LogP contribution in [0.5, 0.6) is 0 Å². The maximum Gasteiger partial charge on any atom is 0.332 e. The lowest BCUT2D eigenvalue weighted by molar-refractivity contribution is -0.158. The molecule has 0 unspecified atom stereocenters. The highest BCUT2D eigenvalue weighted by Gasteiger charge is 2.52. The SMILES string of the molecule is CCCN(C(=O)NCc1ccccc1)N1CC(=O)N2[C@@H](c3ccccc3)C(=O)N(Cc3cccc(N4CCCC4=O)c3)C[C@@H]21. The number of amides is 5. The Labute approximate surface area is 257 Å². The molecule has 10 nitrogen and oxygen atoms in total. The quantitative estimate of drug-likeness (QED) is 0.406. The topological polar surface area (TPSA) is 96.5 Å². The standard InChI is InChI=1S/C34H38N6O4/c1-2-18-38(34(44)35-21-25-11-5-3-6-12-25)39-24-31(42)40-29(39)23-36(33(43)32(40)27-14-7-4-8-15-27)22-26-13-9-16-28(20-26)37-19-10-17-30(37)41/h3-9,11-16,20,29,32H,2,10,17-19,21-24H2,1H3,(H,35,44)/t29-,32+/m1/s1. The summed E-state index contributed by atoms with van der Waals surface area (Å²) in [5.41, 5.74) is 3.44. The molecule has 3 fully saturated rings. The zero-order chi connectivity index (χ0) is 30.6. The summed E-state index contributed by atoms with van der Waals surface area (Å²) in [5, 5.41) is 6.46. The van der Waals surface area contributed by atoms with Gasteiger partial charge in [-0.2, -0.15) is 5.01 Å². The maximum atomic E-state index is 14.2. The molecule has 0 bridgehead atoms. The van der Waals surface area contributed by atoms with E-state index in [1.165, 1.54) is 0 Å². The smallest absolute Gasteiger partial charge is 0.332 e. The van der Waals surface area contributed by atoms with E-state index in [2.05, 4.69) is 5.32 Å². The van der Waals surface area contributed by atoms with E-state index < -0.39 is 12.2 Å². The molecule has 3 aliphatic rings. The second-order valence-corrected chi connectivity index (χ2v) is 11.5. The van der Waals surface area contributed by atoms with Gasteiger partial charge in [0.25, 0.3) is 5.91 Å². The Balaban J connectivity index is 1.29. The monoisotopic (exact) mass is 594 g/mol. The minimum Gasteiger partial charge on any atom is -0.333 e. The fourth-order valence-corrected chi connectivity index (χ4v) is 6.43. The van der Waals surface area contributed by atoms with E-state index in [-0.39, 0.29) is 36.8 Å². The number of hydrogen-bond acceptors (Lipinski definition) is 5. The van der Waals surface area contributed by atoms with Crippen molar-refractivity contribution >= 4 is 29.4 Å². The van der Waals surface area contributed by atoms with Crippen molar-refractivity contribution < 1.29 is 19.2 Å². The highest BCUT2D eigenvalue weighted by Crippen LogP contribution is 2.36. The number of fused-ring (bicyclic) bond motifs is 1. The van der Waals surface area contributed by atoms with Crippen molar-refractivity contribution in [3.8, 4) is 0 Å². The fourth-order valence-electron chi connectivity index (χ4n) is 6.43. The van der Waals surface area contributed by atoms with Crippen molar-refractivity contribution in [1.29, 1.82) is 0 Å². The molecule has 0 spiro atoms. The third-order valence-corrected chi connectivity index (χ3v) is 8.51. The van der Waals surface area contributed by atoms with Crippen molar-refractivity contribution in [2.45, 2.75) is 51.5 Å². The molecule has 3 aliphatic heterocycles. The molecule has 3 aromatic rings. The Morgan fingerprint density at radius 2 is 1.64 bits per heavy atom. The predicted molar refractivity (Wildman–Crippen MR) is 166 cm³/mol. The molecule has 44 heavy (non-hydrogen) atoms. The predicted octanol–water partition coefficient (Wildman–Crippen LogP) is 3.90. The summed E-state index contributed by atoms with van der Waals surface area (Å²) < 4.78 is 0. The van der Waals surface area contributed by atoms with Crippen molar-refractivity contribution in [2.24, 2.45) is 0 Å². The summed E-state index contributed by atoms with van der Waals surface area (Å²) in [6.07, 6.45) is 1.55. The molecule has 0 aromatic heterocycles. The maximum absolute atomic E-state index is 14.2. The first kappa shape index (κ1) is 29.4. The van der Waals surface area contributed by atoms with Crippen LogP contribution in [-0.4, -0.2) is 75.9 Å². The van der Waals surface area contributed by atoms with E-state index in [4.69, 9.17) is 0 Å². The van der Waals surface area contributed by atoms with Gasteiger partial charge in [0.15, 0.2) is 0 Å². The second kappa shape index (κ2) is 12.9. The summed E-state index contributed by atoms with van der Waals surface area (Å²) in [6.45, 7) is 4.03. The number of hydrazine groups is 1. The van der Waals surface area contributed by atoms with Crippen molar-refractivity contribution in [3.63, 3.8) is 0 Å². The zero-order valence-electron chi connectivity index (χ0n) is 25.0. The Kier molecular flexibility index (Phi) is 8.60. The Hall–Kier alpha value is -4.70. The van der Waals surface area contributed by atoms with Gasteiger partial charge >= 0.3 is 6.03 Å². The van der Waals surface area contributed by atoms with Gasteiger partial charge in [-0.05, 0) is 41.7 Å². The number of anilines is 1. The van der Waals surface area contributed by atoms with Crippen molar-refractivity contribution in [1.82, 2.24) is 25.1 Å². The first-order chi connectivity index (χ1) is 21.4. The average molecular weight is 595 g/mol. The van der Waals surface area contributed by atoms with Gasteiger partial charge in [0.2, 0.25) is 11.8 Å². The molecule has 3 aromatic carbocycles. The molecule has 228 valence electrons. The summed E-state index contributed by atoms with van der Waals surface area (Å²) in [7, 11) is 0. The van der Waals surface area contributed by atoms with E-state index in [1.54, 1.807) is 19.7 Å². The minimum atomic E-state index is -0.813. The number of carbonyl (C=O) groups excluding carboxylic acids is 4. The number of hydrogen-bond donors (Lipinski definition) is 1. The van der Waals surface area contributed by atoms with E-state index >= 15 is 0 Å². The number of rotatable bonds is 9. The van der Waals surface area contributed by atoms with Crippen molar-refractivity contribution in [3.05, 3.63) is 102 Å². The van der Waals surface area contributed by atoms with E-state index in [0.717, 1.165) is 28.8 Å². The summed E-state index contributed by atoms with van der Waals surface area (Å²) >= 11 is 0. The molecule has 2 atom stereocenters. The van der Waals surface area contributed by atoms with Gasteiger partial charge < -0.3 is 20.0 Å². The van der Waals surface area contributed by atoms with Crippen LogP contribution in [-0.2, 0) is 27.5 Å².